The molecule has 1 heterocycles. The van der Waals surface area contributed by atoms with Gasteiger partial charge in [-0.05, 0) is 19.9 Å². The van der Waals surface area contributed by atoms with Gasteiger partial charge in [-0.1, -0.05) is 6.92 Å². The highest BCUT2D eigenvalue weighted by atomic mass is 35.5. The van der Waals surface area contributed by atoms with Crippen LogP contribution in [0.4, 0.5) is 0 Å². The van der Waals surface area contributed by atoms with Crippen molar-refractivity contribution in [2.75, 3.05) is 32.8 Å². The Morgan fingerprint density at radius 2 is 2.07 bits per heavy atom. The van der Waals surface area contributed by atoms with Crippen LogP contribution in [-0.4, -0.2) is 49.7 Å². The predicted octanol–water partition coefficient (Wildman–Crippen LogP) is 0.655. The molecule has 1 amide bonds. The van der Waals surface area contributed by atoms with Crippen LogP contribution in [0.1, 0.15) is 20.3 Å². The summed E-state index contributed by atoms with van der Waals surface area (Å²) in [5.41, 5.74) is 0. The highest BCUT2D eigenvalue weighted by Gasteiger charge is 2.21. The third-order valence-electron chi connectivity index (χ3n) is 2.39. The van der Waals surface area contributed by atoms with Crippen molar-refractivity contribution in [3.8, 4) is 0 Å². The number of ether oxygens (including phenoxy) is 1. The van der Waals surface area contributed by atoms with Crippen LogP contribution in [0.2, 0.25) is 0 Å². The lowest BCUT2D eigenvalue weighted by atomic mass is 10.2. The third kappa shape index (κ3) is 4.82. The van der Waals surface area contributed by atoms with Gasteiger partial charge in [0.1, 0.15) is 0 Å². The Morgan fingerprint density at radius 3 is 2.60 bits per heavy atom. The van der Waals surface area contributed by atoms with E-state index in [9.17, 15) is 4.79 Å². The molecule has 0 bridgehead atoms. The zero-order valence-corrected chi connectivity index (χ0v) is 10.3. The molecule has 0 aliphatic carbocycles. The molecule has 1 saturated heterocycles. The van der Waals surface area contributed by atoms with Crippen LogP contribution in [0, 0.1) is 0 Å². The molecule has 1 N–H and O–H groups in total. The molecule has 0 radical (unpaired) electrons. The van der Waals surface area contributed by atoms with E-state index < -0.39 is 0 Å². The summed E-state index contributed by atoms with van der Waals surface area (Å²) in [4.78, 5) is 13.7. The summed E-state index contributed by atoms with van der Waals surface area (Å²) in [5, 5.41) is 3.20. The molecule has 1 rings (SSSR count). The van der Waals surface area contributed by atoms with Gasteiger partial charge in [-0.3, -0.25) is 4.79 Å². The summed E-state index contributed by atoms with van der Waals surface area (Å²) >= 11 is 0. The number of nitrogens with one attached hydrogen (secondary N) is 1. The predicted molar refractivity (Wildman–Crippen MR) is 62.4 cm³/mol. The number of hydrogen-bond acceptors (Lipinski definition) is 3. The third-order valence-corrected chi connectivity index (χ3v) is 2.39. The summed E-state index contributed by atoms with van der Waals surface area (Å²) < 4.78 is 5.20. The SMILES string of the molecule is CCCNC(C)C(=O)N1CCOCC1.Cl. The van der Waals surface area contributed by atoms with E-state index in [4.69, 9.17) is 4.74 Å². The molecule has 1 aliphatic heterocycles. The lowest BCUT2D eigenvalue weighted by molar-refractivity contribution is -0.137. The van der Waals surface area contributed by atoms with Crippen molar-refractivity contribution in [2.45, 2.75) is 26.3 Å². The van der Waals surface area contributed by atoms with Crippen molar-refractivity contribution in [1.29, 1.82) is 0 Å². The van der Waals surface area contributed by atoms with Crippen molar-refractivity contribution in [2.24, 2.45) is 0 Å². The molecular formula is C10H21ClN2O2. The minimum absolute atomic E-state index is 0. The fraction of sp³-hybridized carbons (Fsp3) is 0.900. The molecule has 0 aromatic rings. The van der Waals surface area contributed by atoms with E-state index in [1.165, 1.54) is 0 Å². The van der Waals surface area contributed by atoms with E-state index in [0.29, 0.717) is 13.2 Å². The first-order chi connectivity index (χ1) is 6.75. The molecule has 15 heavy (non-hydrogen) atoms. The number of nitrogens with zero attached hydrogens (tertiary/aromatic N) is 1. The van der Waals surface area contributed by atoms with Crippen molar-refractivity contribution in [3.05, 3.63) is 0 Å². The molecule has 0 aromatic heterocycles. The van der Waals surface area contributed by atoms with E-state index in [-0.39, 0.29) is 24.4 Å². The second kappa shape index (κ2) is 7.91. The minimum Gasteiger partial charge on any atom is -0.378 e. The summed E-state index contributed by atoms with van der Waals surface area (Å²) in [6.45, 7) is 7.73. The number of morpholine rings is 1. The number of carbonyl (C=O) groups is 1. The molecule has 0 spiro atoms. The standard InChI is InChI=1S/C10H20N2O2.ClH/c1-3-4-11-9(2)10(13)12-5-7-14-8-6-12;/h9,11H,3-8H2,1-2H3;1H. The lowest BCUT2D eigenvalue weighted by Crippen LogP contribution is -2.49. The average Bonchev–Trinajstić information content (AvgIpc) is 2.26. The van der Waals surface area contributed by atoms with Crippen LogP contribution >= 0.6 is 12.4 Å². The Labute approximate surface area is 97.8 Å². The average molecular weight is 237 g/mol. The first-order valence-electron chi connectivity index (χ1n) is 5.35. The second-order valence-electron chi connectivity index (χ2n) is 3.61. The van der Waals surface area contributed by atoms with Crippen LogP contribution in [0.15, 0.2) is 0 Å². The second-order valence-corrected chi connectivity index (χ2v) is 3.61. The fourth-order valence-corrected chi connectivity index (χ4v) is 1.51. The molecular weight excluding hydrogens is 216 g/mol. The number of rotatable bonds is 4. The molecule has 4 nitrogen and oxygen atoms in total. The van der Waals surface area contributed by atoms with Crippen molar-refractivity contribution >= 4 is 18.3 Å². The zero-order chi connectivity index (χ0) is 10.4. The number of amides is 1. The van der Waals surface area contributed by atoms with E-state index in [1.54, 1.807) is 0 Å². The lowest BCUT2D eigenvalue weighted by Gasteiger charge is -2.29. The van der Waals surface area contributed by atoms with E-state index in [1.807, 2.05) is 11.8 Å². The summed E-state index contributed by atoms with van der Waals surface area (Å²) in [6, 6.07) is -0.0620. The van der Waals surface area contributed by atoms with Crippen LogP contribution in [0.3, 0.4) is 0 Å². The van der Waals surface area contributed by atoms with Gasteiger partial charge in [0.15, 0.2) is 0 Å². The Bertz CT molecular complexity index is 184. The maximum atomic E-state index is 11.8. The minimum atomic E-state index is -0.0620. The smallest absolute Gasteiger partial charge is 0.239 e. The summed E-state index contributed by atoms with van der Waals surface area (Å²) in [7, 11) is 0. The van der Waals surface area contributed by atoms with Gasteiger partial charge in [0.2, 0.25) is 5.91 Å². The Morgan fingerprint density at radius 1 is 1.47 bits per heavy atom. The zero-order valence-electron chi connectivity index (χ0n) is 9.49. The molecule has 1 atom stereocenters. The van der Waals surface area contributed by atoms with E-state index in [0.717, 1.165) is 26.1 Å². The molecule has 0 saturated carbocycles. The summed E-state index contributed by atoms with van der Waals surface area (Å²) in [5.74, 6) is 0.196. The van der Waals surface area contributed by atoms with Gasteiger partial charge in [-0.25, -0.2) is 0 Å². The number of halogens is 1. The Hall–Kier alpha value is -0.320. The topological polar surface area (TPSA) is 41.6 Å². The van der Waals surface area contributed by atoms with E-state index in [2.05, 4.69) is 12.2 Å². The first kappa shape index (κ1) is 14.7. The molecule has 90 valence electrons. The maximum Gasteiger partial charge on any atom is 0.239 e. The van der Waals surface area contributed by atoms with Crippen molar-refractivity contribution in [3.63, 3.8) is 0 Å². The number of carbonyl (C=O) groups excluding carboxylic acids is 1. The van der Waals surface area contributed by atoms with Gasteiger partial charge < -0.3 is 15.0 Å². The normalized spacial score (nSPS) is 18.1. The largest absolute Gasteiger partial charge is 0.378 e. The summed E-state index contributed by atoms with van der Waals surface area (Å²) in [6.07, 6.45) is 1.06. The highest BCUT2D eigenvalue weighted by Crippen LogP contribution is 2.00. The number of hydrogen-bond donors (Lipinski definition) is 1. The van der Waals surface area contributed by atoms with Gasteiger partial charge in [0, 0.05) is 13.1 Å². The Kier molecular flexibility index (Phi) is 7.74. The van der Waals surface area contributed by atoms with E-state index >= 15 is 0 Å². The van der Waals surface area contributed by atoms with Crippen molar-refractivity contribution < 1.29 is 9.53 Å². The van der Waals surface area contributed by atoms with Crippen LogP contribution in [0.5, 0.6) is 0 Å². The van der Waals surface area contributed by atoms with Crippen LogP contribution in [-0.2, 0) is 9.53 Å². The van der Waals surface area contributed by atoms with Gasteiger partial charge in [0.05, 0.1) is 19.3 Å². The molecule has 1 fully saturated rings. The molecule has 1 aliphatic rings. The van der Waals surface area contributed by atoms with Crippen LogP contribution < -0.4 is 5.32 Å². The van der Waals surface area contributed by atoms with Gasteiger partial charge >= 0.3 is 0 Å². The van der Waals surface area contributed by atoms with Gasteiger partial charge in [-0.2, -0.15) is 0 Å². The quantitative estimate of drug-likeness (QED) is 0.780. The van der Waals surface area contributed by atoms with Crippen LogP contribution in [0.25, 0.3) is 0 Å². The van der Waals surface area contributed by atoms with Gasteiger partial charge in [0.25, 0.3) is 0 Å². The fourth-order valence-electron chi connectivity index (χ4n) is 1.51. The Balaban J connectivity index is 0.00000196. The molecule has 0 aromatic carbocycles. The molecule has 5 heteroatoms. The highest BCUT2D eigenvalue weighted by molar-refractivity contribution is 5.85. The molecule has 1 unspecified atom stereocenters. The van der Waals surface area contributed by atoms with Crippen molar-refractivity contribution in [1.82, 2.24) is 10.2 Å². The maximum absolute atomic E-state index is 11.8. The monoisotopic (exact) mass is 236 g/mol. The van der Waals surface area contributed by atoms with Gasteiger partial charge in [-0.15, -0.1) is 12.4 Å². The first-order valence-corrected chi connectivity index (χ1v) is 5.35.